The molecule has 108 valence electrons. The van der Waals surface area contributed by atoms with Gasteiger partial charge in [0, 0.05) is 37.3 Å². The van der Waals surface area contributed by atoms with Crippen molar-refractivity contribution in [2.24, 2.45) is 0 Å². The average Bonchev–Trinajstić information content (AvgIpc) is 2.32. The van der Waals surface area contributed by atoms with Crippen LogP contribution in [-0.4, -0.2) is 47.5 Å². The van der Waals surface area contributed by atoms with Gasteiger partial charge in [-0.2, -0.15) is 11.8 Å². The van der Waals surface area contributed by atoms with Crippen LogP contribution >= 0.6 is 24.2 Å². The zero-order valence-electron chi connectivity index (χ0n) is 11.8. The lowest BCUT2D eigenvalue weighted by Crippen LogP contribution is -2.57. The molecule has 1 aliphatic rings. The highest BCUT2D eigenvalue weighted by Crippen LogP contribution is 2.13. The third kappa shape index (κ3) is 5.81. The first-order valence-corrected chi connectivity index (χ1v) is 7.93. The zero-order chi connectivity index (χ0) is 12.7. The van der Waals surface area contributed by atoms with E-state index in [1.165, 1.54) is 18.6 Å². The summed E-state index contributed by atoms with van der Waals surface area (Å²) in [4.78, 5) is 14.1. The zero-order valence-corrected chi connectivity index (χ0v) is 13.4. The summed E-state index contributed by atoms with van der Waals surface area (Å²) in [6.07, 6.45) is 3.21. The number of hydrogen-bond acceptors (Lipinski definition) is 3. The first-order chi connectivity index (χ1) is 8.16. The number of carbonyl (C=O) groups is 1. The normalized spacial score (nSPS) is 23.6. The minimum Gasteiger partial charge on any atom is -0.337 e. The summed E-state index contributed by atoms with van der Waals surface area (Å²) >= 11 is 1.91. The molecule has 2 atom stereocenters. The maximum Gasteiger partial charge on any atom is 0.223 e. The molecule has 0 saturated carbocycles. The van der Waals surface area contributed by atoms with Crippen LogP contribution in [-0.2, 0) is 4.79 Å². The second-order valence-electron chi connectivity index (χ2n) is 4.79. The van der Waals surface area contributed by atoms with Crippen molar-refractivity contribution < 1.29 is 4.79 Å². The van der Waals surface area contributed by atoms with Crippen LogP contribution in [0.5, 0.6) is 0 Å². The van der Waals surface area contributed by atoms with E-state index in [1.807, 2.05) is 16.7 Å². The Kier molecular flexibility index (Phi) is 9.97. The average molecular weight is 295 g/mol. The van der Waals surface area contributed by atoms with E-state index in [0.29, 0.717) is 24.4 Å². The molecule has 1 rings (SSSR count). The van der Waals surface area contributed by atoms with Gasteiger partial charge >= 0.3 is 0 Å². The summed E-state index contributed by atoms with van der Waals surface area (Å²) in [5, 5.41) is 3.40. The van der Waals surface area contributed by atoms with Gasteiger partial charge < -0.3 is 10.2 Å². The highest BCUT2D eigenvalue weighted by molar-refractivity contribution is 7.99. The predicted octanol–water partition coefficient (Wildman–Crippen LogP) is 2.54. The molecule has 1 fully saturated rings. The number of nitrogens with one attached hydrogen (secondary N) is 1. The molecule has 1 amide bonds. The molecule has 1 N–H and O–H groups in total. The van der Waals surface area contributed by atoms with Gasteiger partial charge in [0.2, 0.25) is 5.91 Å². The van der Waals surface area contributed by atoms with Crippen LogP contribution in [0.3, 0.4) is 0 Å². The molecule has 0 aromatic heterocycles. The van der Waals surface area contributed by atoms with E-state index in [-0.39, 0.29) is 12.4 Å². The number of thioether (sulfide) groups is 1. The third-order valence-corrected chi connectivity index (χ3v) is 4.53. The molecule has 1 saturated heterocycles. The number of amides is 1. The van der Waals surface area contributed by atoms with Gasteiger partial charge in [0.1, 0.15) is 0 Å². The van der Waals surface area contributed by atoms with E-state index >= 15 is 0 Å². The van der Waals surface area contributed by atoms with Gasteiger partial charge in [-0.15, -0.1) is 12.4 Å². The van der Waals surface area contributed by atoms with Crippen LogP contribution in [0.4, 0.5) is 0 Å². The van der Waals surface area contributed by atoms with Gasteiger partial charge in [0.05, 0.1) is 0 Å². The largest absolute Gasteiger partial charge is 0.337 e. The fraction of sp³-hybridized carbons (Fsp3) is 0.923. The van der Waals surface area contributed by atoms with Gasteiger partial charge in [-0.05, 0) is 26.0 Å². The Morgan fingerprint density at radius 2 is 2.11 bits per heavy atom. The van der Waals surface area contributed by atoms with Crippen molar-refractivity contribution in [2.75, 3.05) is 24.6 Å². The summed E-state index contributed by atoms with van der Waals surface area (Å²) in [5.74, 6) is 2.50. The van der Waals surface area contributed by atoms with Crippen LogP contribution in [0.1, 0.15) is 40.0 Å². The predicted molar refractivity (Wildman–Crippen MR) is 82.7 cm³/mol. The lowest BCUT2D eigenvalue weighted by molar-refractivity contribution is -0.134. The highest BCUT2D eigenvalue weighted by atomic mass is 35.5. The van der Waals surface area contributed by atoms with Crippen LogP contribution in [0.25, 0.3) is 0 Å². The van der Waals surface area contributed by atoms with Gasteiger partial charge in [-0.25, -0.2) is 0 Å². The second-order valence-corrected chi connectivity index (χ2v) is 6.01. The van der Waals surface area contributed by atoms with Gasteiger partial charge in [-0.1, -0.05) is 13.3 Å². The van der Waals surface area contributed by atoms with Crippen molar-refractivity contribution >= 4 is 30.1 Å². The van der Waals surface area contributed by atoms with Crippen molar-refractivity contribution in [3.8, 4) is 0 Å². The van der Waals surface area contributed by atoms with Crippen LogP contribution in [0.15, 0.2) is 0 Å². The molecular formula is C13H27ClN2OS. The number of piperazine rings is 1. The monoisotopic (exact) mass is 294 g/mol. The number of unbranched alkanes of at least 4 members (excludes halogenated alkanes) is 1. The molecule has 1 heterocycles. The van der Waals surface area contributed by atoms with Crippen LogP contribution < -0.4 is 5.32 Å². The topological polar surface area (TPSA) is 32.3 Å². The molecule has 0 radical (unpaired) electrons. The Labute approximate surface area is 122 Å². The standard InChI is InChI=1S/C13H26N2OS.ClH/c1-4-5-9-17-10-6-13(16)15-8-7-14-11(2)12(15)3;/h11-12,14H,4-10H2,1-3H3;1H. The molecule has 0 spiro atoms. The Morgan fingerprint density at radius 1 is 1.39 bits per heavy atom. The lowest BCUT2D eigenvalue weighted by Gasteiger charge is -2.38. The molecule has 3 nitrogen and oxygen atoms in total. The first-order valence-electron chi connectivity index (χ1n) is 6.77. The summed E-state index contributed by atoms with van der Waals surface area (Å²) in [6.45, 7) is 8.29. The van der Waals surface area contributed by atoms with Crippen LogP contribution in [0.2, 0.25) is 0 Å². The number of nitrogens with zero attached hydrogens (tertiary/aromatic N) is 1. The Hall–Kier alpha value is 0.0700. The van der Waals surface area contributed by atoms with E-state index in [1.54, 1.807) is 0 Å². The molecule has 0 aromatic rings. The Bertz CT molecular complexity index is 241. The molecule has 1 aliphatic heterocycles. The first kappa shape index (κ1) is 18.1. The Balaban J connectivity index is 0.00000289. The highest BCUT2D eigenvalue weighted by Gasteiger charge is 2.27. The molecule has 0 bridgehead atoms. The summed E-state index contributed by atoms with van der Waals surface area (Å²) in [6, 6.07) is 0.748. The maximum absolute atomic E-state index is 12.1. The molecule has 0 aliphatic carbocycles. The summed E-state index contributed by atoms with van der Waals surface area (Å²) < 4.78 is 0. The smallest absolute Gasteiger partial charge is 0.223 e. The lowest BCUT2D eigenvalue weighted by atomic mass is 10.1. The van der Waals surface area contributed by atoms with E-state index in [0.717, 1.165) is 18.8 Å². The van der Waals surface area contributed by atoms with Crippen molar-refractivity contribution in [3.05, 3.63) is 0 Å². The molecule has 5 heteroatoms. The molecule has 0 aromatic carbocycles. The van der Waals surface area contributed by atoms with Crippen molar-refractivity contribution in [1.29, 1.82) is 0 Å². The van der Waals surface area contributed by atoms with E-state index in [4.69, 9.17) is 0 Å². The minimum atomic E-state index is 0. The van der Waals surface area contributed by atoms with Gasteiger partial charge in [0.25, 0.3) is 0 Å². The van der Waals surface area contributed by atoms with Gasteiger partial charge in [0.15, 0.2) is 0 Å². The Morgan fingerprint density at radius 3 is 2.78 bits per heavy atom. The molecule has 2 unspecified atom stereocenters. The fourth-order valence-corrected chi connectivity index (χ4v) is 3.08. The number of carbonyl (C=O) groups excluding carboxylic acids is 1. The number of halogens is 1. The molecular weight excluding hydrogens is 268 g/mol. The van der Waals surface area contributed by atoms with Crippen molar-refractivity contribution in [2.45, 2.75) is 52.1 Å². The SMILES string of the molecule is CCCCSCCC(=O)N1CCNC(C)C1C.Cl. The summed E-state index contributed by atoms with van der Waals surface area (Å²) in [5.41, 5.74) is 0. The quantitative estimate of drug-likeness (QED) is 0.764. The number of hydrogen-bond donors (Lipinski definition) is 1. The van der Waals surface area contributed by atoms with E-state index in [9.17, 15) is 4.79 Å². The van der Waals surface area contributed by atoms with E-state index in [2.05, 4.69) is 26.1 Å². The fourth-order valence-electron chi connectivity index (χ4n) is 2.06. The maximum atomic E-state index is 12.1. The molecule has 18 heavy (non-hydrogen) atoms. The minimum absolute atomic E-state index is 0. The van der Waals surface area contributed by atoms with Crippen LogP contribution in [0, 0.1) is 0 Å². The third-order valence-electron chi connectivity index (χ3n) is 3.46. The second kappa shape index (κ2) is 9.93. The summed E-state index contributed by atoms with van der Waals surface area (Å²) in [7, 11) is 0. The number of rotatable bonds is 6. The van der Waals surface area contributed by atoms with Gasteiger partial charge in [-0.3, -0.25) is 4.79 Å². The van der Waals surface area contributed by atoms with Crippen molar-refractivity contribution in [1.82, 2.24) is 10.2 Å². The van der Waals surface area contributed by atoms with Crippen molar-refractivity contribution in [3.63, 3.8) is 0 Å². The van der Waals surface area contributed by atoms with E-state index < -0.39 is 0 Å².